The first-order valence-corrected chi connectivity index (χ1v) is 4.46. The van der Waals surface area contributed by atoms with Gasteiger partial charge in [-0.3, -0.25) is 19.7 Å². The van der Waals surface area contributed by atoms with Crippen molar-refractivity contribution in [3.8, 4) is 0 Å². The second-order valence-electron chi connectivity index (χ2n) is 3.50. The molecule has 0 bridgehead atoms. The second-order valence-corrected chi connectivity index (χ2v) is 3.50. The quantitative estimate of drug-likeness (QED) is 0.413. The van der Waals surface area contributed by atoms with Gasteiger partial charge in [0, 0.05) is 13.6 Å². The predicted molar refractivity (Wildman–Crippen MR) is 46.4 cm³/mol. The highest BCUT2D eigenvalue weighted by Crippen LogP contribution is 2.18. The van der Waals surface area contributed by atoms with E-state index in [1.807, 2.05) is 5.32 Å². The van der Waals surface area contributed by atoms with Gasteiger partial charge in [0.15, 0.2) is 0 Å². The molecular formula is C8H9N3O4. The van der Waals surface area contributed by atoms with Gasteiger partial charge in [-0.25, -0.2) is 9.69 Å². The van der Waals surface area contributed by atoms with Crippen molar-refractivity contribution in [3.63, 3.8) is 0 Å². The van der Waals surface area contributed by atoms with Crippen LogP contribution in [0.15, 0.2) is 0 Å². The fourth-order valence-electron chi connectivity index (χ4n) is 1.74. The van der Waals surface area contributed by atoms with Crippen LogP contribution in [0.2, 0.25) is 0 Å². The number of carbonyl (C=O) groups excluding carboxylic acids is 4. The fourth-order valence-corrected chi connectivity index (χ4v) is 1.74. The van der Waals surface area contributed by atoms with Crippen LogP contribution < -0.4 is 5.32 Å². The number of hydrogen-bond acceptors (Lipinski definition) is 4. The van der Waals surface area contributed by atoms with E-state index in [2.05, 4.69) is 0 Å². The van der Waals surface area contributed by atoms with Crippen LogP contribution in [0.1, 0.15) is 6.42 Å². The Kier molecular flexibility index (Phi) is 1.95. The van der Waals surface area contributed by atoms with Crippen molar-refractivity contribution < 1.29 is 19.2 Å². The third kappa shape index (κ3) is 1.27. The lowest BCUT2D eigenvalue weighted by Crippen LogP contribution is -2.45. The van der Waals surface area contributed by atoms with Gasteiger partial charge < -0.3 is 4.90 Å². The summed E-state index contributed by atoms with van der Waals surface area (Å²) >= 11 is 0. The van der Waals surface area contributed by atoms with Gasteiger partial charge in [-0.05, 0) is 6.42 Å². The second kappa shape index (κ2) is 3.04. The van der Waals surface area contributed by atoms with E-state index in [-0.39, 0.29) is 5.91 Å². The van der Waals surface area contributed by atoms with Crippen molar-refractivity contribution in [2.24, 2.45) is 0 Å². The molecule has 2 rings (SSSR count). The summed E-state index contributed by atoms with van der Waals surface area (Å²) in [7, 11) is 1.59. The van der Waals surface area contributed by atoms with E-state index in [9.17, 15) is 19.2 Å². The lowest BCUT2D eigenvalue weighted by atomic mass is 10.2. The Morgan fingerprint density at radius 1 is 1.27 bits per heavy atom. The molecule has 0 aromatic carbocycles. The van der Waals surface area contributed by atoms with Crippen LogP contribution in [-0.2, 0) is 14.4 Å². The van der Waals surface area contributed by atoms with Crippen molar-refractivity contribution in [3.05, 3.63) is 0 Å². The van der Waals surface area contributed by atoms with E-state index in [1.54, 1.807) is 7.05 Å². The molecule has 1 unspecified atom stereocenters. The lowest BCUT2D eigenvalue weighted by Gasteiger charge is -2.17. The Balaban J connectivity index is 2.25. The molecule has 15 heavy (non-hydrogen) atoms. The molecule has 80 valence electrons. The molecule has 2 saturated heterocycles. The number of rotatable bonds is 1. The van der Waals surface area contributed by atoms with E-state index in [0.717, 1.165) is 0 Å². The van der Waals surface area contributed by atoms with Crippen molar-refractivity contribution in [1.29, 1.82) is 0 Å². The van der Waals surface area contributed by atoms with Crippen LogP contribution in [0.25, 0.3) is 0 Å². The zero-order valence-electron chi connectivity index (χ0n) is 8.02. The topological polar surface area (TPSA) is 86.8 Å². The maximum atomic E-state index is 11.5. The van der Waals surface area contributed by atoms with Crippen molar-refractivity contribution in [2.75, 3.05) is 13.6 Å². The monoisotopic (exact) mass is 211 g/mol. The maximum absolute atomic E-state index is 11.5. The van der Waals surface area contributed by atoms with Crippen molar-refractivity contribution in [1.82, 2.24) is 15.1 Å². The molecule has 0 radical (unpaired) electrons. The number of nitrogens with zero attached hydrogens (tertiary/aromatic N) is 2. The summed E-state index contributed by atoms with van der Waals surface area (Å²) < 4.78 is 0. The molecule has 0 aliphatic carbocycles. The number of carbonyl (C=O) groups is 4. The first-order valence-electron chi connectivity index (χ1n) is 4.46. The molecule has 0 aromatic heterocycles. The third-order valence-electron chi connectivity index (χ3n) is 2.56. The van der Waals surface area contributed by atoms with Gasteiger partial charge in [0.1, 0.15) is 6.04 Å². The van der Waals surface area contributed by atoms with Crippen LogP contribution in [-0.4, -0.2) is 53.2 Å². The molecule has 2 aliphatic rings. The fraction of sp³-hybridized carbons (Fsp3) is 0.500. The highest BCUT2D eigenvalue weighted by atomic mass is 16.2. The molecule has 7 heteroatoms. The Labute approximate surface area is 85.0 Å². The number of likely N-dealkylation sites (tertiary alicyclic amines) is 1. The average molecular weight is 211 g/mol. The Morgan fingerprint density at radius 2 is 1.93 bits per heavy atom. The minimum atomic E-state index is -0.970. The van der Waals surface area contributed by atoms with E-state index in [4.69, 9.17) is 0 Å². The van der Waals surface area contributed by atoms with Gasteiger partial charge >= 0.3 is 17.8 Å². The normalized spacial score (nSPS) is 26.6. The average Bonchev–Trinajstić information content (AvgIpc) is 2.60. The van der Waals surface area contributed by atoms with Gasteiger partial charge in [0.05, 0.1) is 0 Å². The van der Waals surface area contributed by atoms with E-state index in [1.165, 1.54) is 4.90 Å². The molecule has 2 fully saturated rings. The van der Waals surface area contributed by atoms with Gasteiger partial charge in [0.2, 0.25) is 5.91 Å². The Hall–Kier alpha value is -1.92. The van der Waals surface area contributed by atoms with Crippen molar-refractivity contribution in [2.45, 2.75) is 12.5 Å². The molecule has 1 N–H and O–H groups in total. The largest absolute Gasteiger partial charge is 0.344 e. The first kappa shape index (κ1) is 9.63. The van der Waals surface area contributed by atoms with E-state index >= 15 is 0 Å². The summed E-state index contributed by atoms with van der Waals surface area (Å²) in [6, 6.07) is -1.63. The molecule has 1 atom stereocenters. The SMILES string of the molecule is CN1CCC(N2C(=O)NC(=O)C2=O)C1=O. The highest BCUT2D eigenvalue weighted by molar-refractivity contribution is 6.45. The molecule has 0 spiro atoms. The van der Waals surface area contributed by atoms with Crippen LogP contribution in [0.5, 0.6) is 0 Å². The smallest absolute Gasteiger partial charge is 0.332 e. The molecule has 5 amide bonds. The standard InChI is InChI=1S/C8H9N3O4/c1-10-3-2-4(6(10)13)11-7(14)5(12)9-8(11)15/h4H,2-3H2,1H3,(H,9,12,15). The number of hydrogen-bond donors (Lipinski definition) is 1. The first-order chi connectivity index (χ1) is 7.02. The van der Waals surface area contributed by atoms with E-state index in [0.29, 0.717) is 17.9 Å². The molecule has 2 aliphatic heterocycles. The van der Waals surface area contributed by atoms with Crippen LogP contribution in [0.3, 0.4) is 0 Å². The number of imide groups is 2. The number of nitrogens with one attached hydrogen (secondary N) is 1. The number of amides is 5. The minimum absolute atomic E-state index is 0.312. The van der Waals surface area contributed by atoms with Crippen LogP contribution in [0.4, 0.5) is 4.79 Å². The summed E-state index contributed by atoms with van der Waals surface area (Å²) in [6.45, 7) is 0.481. The van der Waals surface area contributed by atoms with Gasteiger partial charge in [-0.1, -0.05) is 0 Å². The van der Waals surface area contributed by atoms with Gasteiger partial charge in [-0.2, -0.15) is 0 Å². The highest BCUT2D eigenvalue weighted by Gasteiger charge is 2.46. The lowest BCUT2D eigenvalue weighted by molar-refractivity contribution is -0.143. The molecule has 7 nitrogen and oxygen atoms in total. The summed E-state index contributed by atoms with van der Waals surface area (Å²) in [6.07, 6.45) is 0.377. The van der Waals surface area contributed by atoms with E-state index < -0.39 is 23.9 Å². The third-order valence-corrected chi connectivity index (χ3v) is 2.56. The van der Waals surface area contributed by atoms with Crippen LogP contribution >= 0.6 is 0 Å². The Morgan fingerprint density at radius 3 is 2.33 bits per heavy atom. The summed E-state index contributed by atoms with van der Waals surface area (Å²) in [5, 5.41) is 1.86. The number of urea groups is 1. The maximum Gasteiger partial charge on any atom is 0.332 e. The zero-order chi connectivity index (χ0) is 11.2. The molecular weight excluding hydrogens is 202 g/mol. The number of likely N-dealkylation sites (N-methyl/N-ethyl adjacent to an activating group) is 1. The summed E-state index contributed by atoms with van der Waals surface area (Å²) in [5.41, 5.74) is 0. The van der Waals surface area contributed by atoms with Gasteiger partial charge in [0.25, 0.3) is 0 Å². The minimum Gasteiger partial charge on any atom is -0.344 e. The molecule has 0 saturated carbocycles. The summed E-state index contributed by atoms with van der Waals surface area (Å²) in [5.74, 6) is -2.23. The van der Waals surface area contributed by atoms with Crippen LogP contribution in [0, 0.1) is 0 Å². The molecule has 0 aromatic rings. The van der Waals surface area contributed by atoms with Gasteiger partial charge in [-0.15, -0.1) is 0 Å². The molecule has 2 heterocycles. The predicted octanol–water partition coefficient (Wildman–Crippen LogP) is -1.70. The summed E-state index contributed by atoms with van der Waals surface area (Å²) in [4.78, 5) is 47.1. The van der Waals surface area contributed by atoms with Crippen molar-refractivity contribution >= 4 is 23.8 Å². The zero-order valence-corrected chi connectivity index (χ0v) is 8.02. The Bertz CT molecular complexity index is 378.